The van der Waals surface area contributed by atoms with Crippen LogP contribution < -0.4 is 0 Å². The SMILES string of the molecule is CC(=NCCc1ccccc1)C1=C(O)c2ccccc2C1=O. The summed E-state index contributed by atoms with van der Waals surface area (Å²) < 4.78 is 0. The molecule has 3 rings (SSSR count). The highest BCUT2D eigenvalue weighted by atomic mass is 16.3. The summed E-state index contributed by atoms with van der Waals surface area (Å²) >= 11 is 0. The fourth-order valence-electron chi connectivity index (χ4n) is 2.68. The van der Waals surface area contributed by atoms with Crippen LogP contribution in [0.4, 0.5) is 0 Å². The van der Waals surface area contributed by atoms with Crippen LogP contribution >= 0.6 is 0 Å². The third kappa shape index (κ3) is 2.58. The number of hydrogen-bond donors (Lipinski definition) is 1. The van der Waals surface area contributed by atoms with E-state index in [4.69, 9.17) is 0 Å². The highest BCUT2D eigenvalue weighted by Gasteiger charge is 2.30. The summed E-state index contributed by atoms with van der Waals surface area (Å²) in [5, 5.41) is 10.3. The molecule has 0 aromatic heterocycles. The minimum atomic E-state index is -0.144. The number of ketones is 1. The molecule has 2 aromatic carbocycles. The lowest BCUT2D eigenvalue weighted by Gasteiger charge is -2.03. The highest BCUT2D eigenvalue weighted by Crippen LogP contribution is 2.31. The van der Waals surface area contributed by atoms with Gasteiger partial charge in [-0.25, -0.2) is 0 Å². The molecule has 0 saturated carbocycles. The molecule has 0 spiro atoms. The number of carbonyl (C=O) groups excluding carboxylic acids is 1. The molecule has 3 heteroatoms. The first-order valence-electron chi connectivity index (χ1n) is 7.31. The second-order valence-corrected chi connectivity index (χ2v) is 5.30. The number of hydrogen-bond acceptors (Lipinski definition) is 3. The molecule has 0 saturated heterocycles. The van der Waals surface area contributed by atoms with Crippen molar-refractivity contribution in [1.29, 1.82) is 0 Å². The summed E-state index contributed by atoms with van der Waals surface area (Å²) in [7, 11) is 0. The van der Waals surface area contributed by atoms with Gasteiger partial charge < -0.3 is 5.11 Å². The number of carbonyl (C=O) groups is 1. The van der Waals surface area contributed by atoms with Gasteiger partial charge >= 0.3 is 0 Å². The maximum atomic E-state index is 12.4. The van der Waals surface area contributed by atoms with Crippen molar-refractivity contribution >= 4 is 17.3 Å². The summed E-state index contributed by atoms with van der Waals surface area (Å²) in [4.78, 5) is 16.8. The molecule has 0 aliphatic heterocycles. The molecular formula is C19H17NO2. The number of benzene rings is 2. The number of aliphatic hydroxyl groups excluding tert-OH is 1. The largest absolute Gasteiger partial charge is 0.506 e. The number of aliphatic imine (C=N–C) groups is 1. The fourth-order valence-corrected chi connectivity index (χ4v) is 2.68. The van der Waals surface area contributed by atoms with Gasteiger partial charge in [0.25, 0.3) is 0 Å². The van der Waals surface area contributed by atoms with Gasteiger partial charge in [0.15, 0.2) is 5.78 Å². The maximum Gasteiger partial charge on any atom is 0.199 e. The predicted octanol–water partition coefficient (Wildman–Crippen LogP) is 3.86. The predicted molar refractivity (Wildman–Crippen MR) is 88.4 cm³/mol. The molecule has 1 aliphatic rings. The summed E-state index contributed by atoms with van der Waals surface area (Å²) in [6.45, 7) is 2.37. The first kappa shape index (κ1) is 14.3. The minimum Gasteiger partial charge on any atom is -0.506 e. The third-order valence-corrected chi connectivity index (χ3v) is 3.84. The van der Waals surface area contributed by atoms with Crippen LogP contribution in [-0.4, -0.2) is 23.1 Å². The van der Waals surface area contributed by atoms with Crippen molar-refractivity contribution in [1.82, 2.24) is 0 Å². The number of nitrogens with zero attached hydrogens (tertiary/aromatic N) is 1. The average Bonchev–Trinajstić information content (AvgIpc) is 2.80. The van der Waals surface area contributed by atoms with E-state index in [-0.39, 0.29) is 11.5 Å². The van der Waals surface area contributed by atoms with Gasteiger partial charge in [0.05, 0.1) is 5.57 Å². The molecule has 0 bridgehead atoms. The van der Waals surface area contributed by atoms with Gasteiger partial charge in [-0.05, 0) is 18.9 Å². The van der Waals surface area contributed by atoms with Crippen LogP contribution in [0.2, 0.25) is 0 Å². The molecule has 0 heterocycles. The standard InChI is InChI=1S/C19H17NO2/c1-13(20-12-11-14-7-3-2-4-8-14)17-18(21)15-9-5-6-10-16(15)19(17)22/h2-10,21H,11-12H2,1H3. The summed E-state index contributed by atoms with van der Waals surface area (Å²) in [6, 6.07) is 17.2. The molecule has 1 N–H and O–H groups in total. The van der Waals surface area contributed by atoms with Crippen molar-refractivity contribution in [2.45, 2.75) is 13.3 Å². The Morgan fingerprint density at radius 3 is 2.32 bits per heavy atom. The van der Waals surface area contributed by atoms with E-state index in [0.717, 1.165) is 6.42 Å². The average molecular weight is 291 g/mol. The Balaban J connectivity index is 1.78. The highest BCUT2D eigenvalue weighted by molar-refractivity contribution is 6.35. The van der Waals surface area contributed by atoms with Crippen molar-refractivity contribution < 1.29 is 9.90 Å². The van der Waals surface area contributed by atoms with Gasteiger partial charge in [0, 0.05) is 23.4 Å². The minimum absolute atomic E-state index is 0.0431. The molecule has 0 amide bonds. The summed E-state index contributed by atoms with van der Waals surface area (Å²) in [6.07, 6.45) is 0.813. The van der Waals surface area contributed by atoms with Crippen LogP contribution in [0.25, 0.3) is 5.76 Å². The number of aliphatic hydroxyl groups is 1. The summed E-state index contributed by atoms with van der Waals surface area (Å²) in [5.74, 6) is -0.101. The quantitative estimate of drug-likeness (QED) is 0.870. The van der Waals surface area contributed by atoms with Crippen LogP contribution in [-0.2, 0) is 6.42 Å². The first-order chi connectivity index (χ1) is 10.7. The lowest BCUT2D eigenvalue weighted by molar-refractivity contribution is 0.104. The van der Waals surface area contributed by atoms with E-state index >= 15 is 0 Å². The van der Waals surface area contributed by atoms with Crippen LogP contribution in [0.5, 0.6) is 0 Å². The molecular weight excluding hydrogens is 274 g/mol. The summed E-state index contributed by atoms with van der Waals surface area (Å²) in [5.41, 5.74) is 3.27. The number of Topliss-reactive ketones (excluding diaryl/α,β-unsaturated/α-hetero) is 1. The zero-order chi connectivity index (χ0) is 15.5. The Labute approximate surface area is 129 Å². The molecule has 0 radical (unpaired) electrons. The fraction of sp³-hybridized carbons (Fsp3) is 0.158. The van der Waals surface area contributed by atoms with E-state index in [2.05, 4.69) is 17.1 Å². The van der Waals surface area contributed by atoms with Gasteiger partial charge in [-0.15, -0.1) is 0 Å². The van der Waals surface area contributed by atoms with Crippen LogP contribution in [0, 0.1) is 0 Å². The first-order valence-corrected chi connectivity index (χ1v) is 7.31. The molecule has 2 aromatic rings. The molecule has 22 heavy (non-hydrogen) atoms. The zero-order valence-electron chi connectivity index (χ0n) is 12.4. The molecule has 3 nitrogen and oxygen atoms in total. The molecule has 1 aliphatic carbocycles. The number of fused-ring (bicyclic) bond motifs is 1. The van der Waals surface area contributed by atoms with E-state index in [9.17, 15) is 9.90 Å². The maximum absolute atomic E-state index is 12.4. The molecule has 0 fully saturated rings. The van der Waals surface area contributed by atoms with Gasteiger partial charge in [-0.2, -0.15) is 0 Å². The van der Waals surface area contributed by atoms with Crippen LogP contribution in [0.1, 0.15) is 28.4 Å². The normalized spacial score (nSPS) is 14.4. The van der Waals surface area contributed by atoms with Crippen molar-refractivity contribution in [2.75, 3.05) is 6.54 Å². The molecule has 0 atom stereocenters. The van der Waals surface area contributed by atoms with Gasteiger partial charge in [0.1, 0.15) is 5.76 Å². The molecule has 0 unspecified atom stereocenters. The van der Waals surface area contributed by atoms with Gasteiger partial charge in [-0.3, -0.25) is 9.79 Å². The van der Waals surface area contributed by atoms with E-state index in [1.165, 1.54) is 5.56 Å². The Kier molecular flexibility index (Phi) is 3.88. The van der Waals surface area contributed by atoms with E-state index in [1.807, 2.05) is 24.3 Å². The Hall–Kier alpha value is -2.68. The smallest absolute Gasteiger partial charge is 0.199 e. The van der Waals surface area contributed by atoms with E-state index in [0.29, 0.717) is 29.0 Å². The lowest BCUT2D eigenvalue weighted by atomic mass is 10.1. The second kappa shape index (κ2) is 5.98. The van der Waals surface area contributed by atoms with Crippen molar-refractivity contribution in [2.24, 2.45) is 4.99 Å². The molecule has 110 valence electrons. The van der Waals surface area contributed by atoms with Gasteiger partial charge in [-0.1, -0.05) is 54.6 Å². The van der Waals surface area contributed by atoms with Crippen molar-refractivity contribution in [3.63, 3.8) is 0 Å². The monoisotopic (exact) mass is 291 g/mol. The second-order valence-electron chi connectivity index (χ2n) is 5.30. The van der Waals surface area contributed by atoms with Crippen molar-refractivity contribution in [3.05, 3.63) is 76.9 Å². The Morgan fingerprint density at radius 1 is 1.00 bits per heavy atom. The lowest BCUT2D eigenvalue weighted by Crippen LogP contribution is -2.08. The van der Waals surface area contributed by atoms with Crippen LogP contribution in [0.15, 0.2) is 65.2 Å². The van der Waals surface area contributed by atoms with Gasteiger partial charge in [0.2, 0.25) is 0 Å². The van der Waals surface area contributed by atoms with Crippen LogP contribution in [0.3, 0.4) is 0 Å². The topological polar surface area (TPSA) is 49.7 Å². The zero-order valence-corrected chi connectivity index (χ0v) is 12.4. The third-order valence-electron chi connectivity index (χ3n) is 3.84. The van der Waals surface area contributed by atoms with E-state index < -0.39 is 0 Å². The van der Waals surface area contributed by atoms with Crippen molar-refractivity contribution in [3.8, 4) is 0 Å². The number of allylic oxidation sites excluding steroid dienone is 1. The Morgan fingerprint density at radius 2 is 1.64 bits per heavy atom. The van der Waals surface area contributed by atoms with E-state index in [1.54, 1.807) is 25.1 Å². The number of rotatable bonds is 4. The Bertz CT molecular complexity index is 773.